The SMILES string of the molecule is Cc1ccc(CC(=O)c2cc3c(s2)CCCC3)c(Cl)c1. The second kappa shape index (κ2) is 5.71. The summed E-state index contributed by atoms with van der Waals surface area (Å²) in [6, 6.07) is 7.99. The minimum absolute atomic E-state index is 0.190. The number of fused-ring (bicyclic) bond motifs is 1. The fourth-order valence-corrected chi connectivity index (χ4v) is 4.18. The average Bonchev–Trinajstić information content (AvgIpc) is 2.86. The van der Waals surface area contributed by atoms with E-state index in [1.165, 1.54) is 23.3 Å². The maximum absolute atomic E-state index is 12.4. The molecular formula is C17H17ClOS. The lowest BCUT2D eigenvalue weighted by Crippen LogP contribution is -2.02. The zero-order valence-electron chi connectivity index (χ0n) is 11.5. The number of carbonyl (C=O) groups excluding carboxylic acids is 1. The molecule has 0 N–H and O–H groups in total. The second-order valence-electron chi connectivity index (χ2n) is 5.46. The molecular weight excluding hydrogens is 288 g/mol. The van der Waals surface area contributed by atoms with Crippen molar-refractivity contribution in [3.8, 4) is 0 Å². The molecule has 0 amide bonds. The Hall–Kier alpha value is -1.12. The van der Waals surface area contributed by atoms with Crippen molar-refractivity contribution in [2.75, 3.05) is 0 Å². The van der Waals surface area contributed by atoms with E-state index in [1.54, 1.807) is 11.3 Å². The molecule has 0 aliphatic heterocycles. The van der Waals surface area contributed by atoms with Crippen LogP contribution in [-0.2, 0) is 19.3 Å². The smallest absolute Gasteiger partial charge is 0.177 e. The molecule has 0 spiro atoms. The Morgan fingerprint density at radius 3 is 2.80 bits per heavy atom. The highest BCUT2D eigenvalue weighted by Gasteiger charge is 2.18. The maximum Gasteiger partial charge on any atom is 0.177 e. The van der Waals surface area contributed by atoms with Gasteiger partial charge in [-0.2, -0.15) is 0 Å². The Labute approximate surface area is 128 Å². The van der Waals surface area contributed by atoms with E-state index in [-0.39, 0.29) is 5.78 Å². The third-order valence-electron chi connectivity index (χ3n) is 3.83. The van der Waals surface area contributed by atoms with Gasteiger partial charge in [0.15, 0.2) is 5.78 Å². The van der Waals surface area contributed by atoms with Crippen molar-refractivity contribution >= 4 is 28.7 Å². The molecule has 1 heterocycles. The minimum atomic E-state index is 0.190. The first-order valence-corrected chi connectivity index (χ1v) is 8.23. The first kappa shape index (κ1) is 13.8. The Morgan fingerprint density at radius 1 is 1.25 bits per heavy atom. The number of Topliss-reactive ketones (excluding diaryl/α,β-unsaturated/α-hetero) is 1. The van der Waals surface area contributed by atoms with E-state index >= 15 is 0 Å². The van der Waals surface area contributed by atoms with Gasteiger partial charge in [0.2, 0.25) is 0 Å². The van der Waals surface area contributed by atoms with Crippen molar-refractivity contribution in [1.82, 2.24) is 0 Å². The maximum atomic E-state index is 12.4. The number of aryl methyl sites for hydroxylation is 3. The van der Waals surface area contributed by atoms with Crippen molar-refractivity contribution in [3.05, 3.63) is 55.7 Å². The van der Waals surface area contributed by atoms with Gasteiger partial charge in [0.05, 0.1) is 4.88 Å². The first-order chi connectivity index (χ1) is 9.63. The second-order valence-corrected chi connectivity index (χ2v) is 7.00. The van der Waals surface area contributed by atoms with Crippen LogP contribution in [0, 0.1) is 6.92 Å². The molecule has 1 aromatic carbocycles. The van der Waals surface area contributed by atoms with Crippen LogP contribution in [0.1, 0.15) is 44.1 Å². The molecule has 0 atom stereocenters. The topological polar surface area (TPSA) is 17.1 Å². The van der Waals surface area contributed by atoms with Gasteiger partial charge in [0.25, 0.3) is 0 Å². The molecule has 104 valence electrons. The first-order valence-electron chi connectivity index (χ1n) is 7.03. The molecule has 0 saturated heterocycles. The molecule has 20 heavy (non-hydrogen) atoms. The van der Waals surface area contributed by atoms with E-state index in [9.17, 15) is 4.79 Å². The number of benzene rings is 1. The largest absolute Gasteiger partial charge is 0.293 e. The summed E-state index contributed by atoms with van der Waals surface area (Å²) in [6.07, 6.45) is 5.17. The molecule has 0 unspecified atom stereocenters. The van der Waals surface area contributed by atoms with Gasteiger partial charge in [-0.1, -0.05) is 23.7 Å². The number of hydrogen-bond acceptors (Lipinski definition) is 2. The highest BCUT2D eigenvalue weighted by molar-refractivity contribution is 7.14. The van der Waals surface area contributed by atoms with Crippen LogP contribution in [0.3, 0.4) is 0 Å². The Balaban J connectivity index is 1.80. The van der Waals surface area contributed by atoms with Crippen LogP contribution in [0.5, 0.6) is 0 Å². The summed E-state index contributed by atoms with van der Waals surface area (Å²) < 4.78 is 0. The van der Waals surface area contributed by atoms with E-state index in [0.717, 1.165) is 28.8 Å². The van der Waals surface area contributed by atoms with E-state index in [0.29, 0.717) is 11.4 Å². The summed E-state index contributed by atoms with van der Waals surface area (Å²) in [6.45, 7) is 2.00. The molecule has 0 radical (unpaired) electrons. The summed E-state index contributed by atoms with van der Waals surface area (Å²) in [4.78, 5) is 14.7. The number of carbonyl (C=O) groups is 1. The van der Waals surface area contributed by atoms with Gasteiger partial charge in [-0.15, -0.1) is 11.3 Å². The van der Waals surface area contributed by atoms with Gasteiger partial charge >= 0.3 is 0 Å². The zero-order valence-corrected chi connectivity index (χ0v) is 13.1. The Bertz CT molecular complexity index is 634. The molecule has 0 saturated carbocycles. The Kier molecular flexibility index (Phi) is 3.95. The van der Waals surface area contributed by atoms with E-state index in [1.807, 2.05) is 25.1 Å². The predicted molar refractivity (Wildman–Crippen MR) is 85.2 cm³/mol. The van der Waals surface area contributed by atoms with Crippen molar-refractivity contribution in [2.24, 2.45) is 0 Å². The molecule has 3 rings (SSSR count). The van der Waals surface area contributed by atoms with Crippen LogP contribution in [0.2, 0.25) is 5.02 Å². The van der Waals surface area contributed by atoms with Gasteiger partial charge in [0, 0.05) is 16.3 Å². The zero-order chi connectivity index (χ0) is 14.1. The van der Waals surface area contributed by atoms with Crippen LogP contribution in [0.4, 0.5) is 0 Å². The van der Waals surface area contributed by atoms with Crippen LogP contribution >= 0.6 is 22.9 Å². The number of thiophene rings is 1. The van der Waals surface area contributed by atoms with Crippen molar-refractivity contribution in [1.29, 1.82) is 0 Å². The van der Waals surface area contributed by atoms with Gasteiger partial charge in [-0.3, -0.25) is 4.79 Å². The highest BCUT2D eigenvalue weighted by Crippen LogP contribution is 2.30. The van der Waals surface area contributed by atoms with Crippen LogP contribution < -0.4 is 0 Å². The normalized spacial score (nSPS) is 14.1. The van der Waals surface area contributed by atoms with Gasteiger partial charge in [-0.05, 0) is 61.4 Å². The number of rotatable bonds is 3. The van der Waals surface area contributed by atoms with E-state index < -0.39 is 0 Å². The average molecular weight is 305 g/mol. The van der Waals surface area contributed by atoms with Crippen LogP contribution in [0.25, 0.3) is 0 Å². The summed E-state index contributed by atoms with van der Waals surface area (Å²) in [5.74, 6) is 0.190. The minimum Gasteiger partial charge on any atom is -0.293 e. The fourth-order valence-electron chi connectivity index (χ4n) is 2.68. The van der Waals surface area contributed by atoms with Crippen LogP contribution in [0.15, 0.2) is 24.3 Å². The molecule has 0 bridgehead atoms. The van der Waals surface area contributed by atoms with Gasteiger partial charge < -0.3 is 0 Å². The van der Waals surface area contributed by atoms with Gasteiger partial charge in [0.1, 0.15) is 0 Å². The molecule has 1 aliphatic carbocycles. The molecule has 0 fully saturated rings. The van der Waals surface area contributed by atoms with Crippen molar-refractivity contribution in [2.45, 2.75) is 39.0 Å². The molecule has 3 heteroatoms. The summed E-state index contributed by atoms with van der Waals surface area (Å²) in [5, 5.41) is 0.694. The van der Waals surface area contributed by atoms with E-state index in [4.69, 9.17) is 11.6 Å². The quantitative estimate of drug-likeness (QED) is 0.728. The van der Waals surface area contributed by atoms with Crippen molar-refractivity contribution in [3.63, 3.8) is 0 Å². The predicted octanol–water partition coefficient (Wildman–Crippen LogP) is 5.01. The Morgan fingerprint density at radius 2 is 2.05 bits per heavy atom. The molecule has 2 aromatic rings. The number of hydrogen-bond donors (Lipinski definition) is 0. The molecule has 1 aliphatic rings. The third-order valence-corrected chi connectivity index (χ3v) is 5.46. The fraction of sp³-hybridized carbons (Fsp3) is 0.353. The molecule has 1 nitrogen and oxygen atoms in total. The standard InChI is InChI=1S/C17H17ClOS/c1-11-6-7-12(14(18)8-11)9-15(19)17-10-13-4-2-3-5-16(13)20-17/h6-8,10H,2-5,9H2,1H3. The van der Waals surface area contributed by atoms with Crippen LogP contribution in [-0.4, -0.2) is 5.78 Å². The summed E-state index contributed by atoms with van der Waals surface area (Å²) >= 11 is 7.89. The van der Waals surface area contributed by atoms with Crippen molar-refractivity contribution < 1.29 is 4.79 Å². The third kappa shape index (κ3) is 2.82. The van der Waals surface area contributed by atoms with Gasteiger partial charge in [-0.25, -0.2) is 0 Å². The highest BCUT2D eigenvalue weighted by atomic mass is 35.5. The summed E-state index contributed by atoms with van der Waals surface area (Å²) in [7, 11) is 0. The lowest BCUT2D eigenvalue weighted by molar-refractivity contribution is 0.0997. The van der Waals surface area contributed by atoms with E-state index in [2.05, 4.69) is 6.07 Å². The number of ketones is 1. The molecule has 1 aromatic heterocycles. The lowest BCUT2D eigenvalue weighted by atomic mass is 9.98. The summed E-state index contributed by atoms with van der Waals surface area (Å²) in [5.41, 5.74) is 3.44. The monoisotopic (exact) mass is 304 g/mol. The number of halogens is 1. The lowest BCUT2D eigenvalue weighted by Gasteiger charge is -2.08.